The van der Waals surface area contributed by atoms with Crippen molar-refractivity contribution in [2.75, 3.05) is 18.1 Å². The molecule has 0 saturated carbocycles. The molecule has 1 N–H and O–H groups in total. The number of aliphatic hydroxyl groups excluding tert-OH is 1. The van der Waals surface area contributed by atoms with E-state index in [0.29, 0.717) is 0 Å². The van der Waals surface area contributed by atoms with Gasteiger partial charge in [0.1, 0.15) is 18.2 Å². The lowest BCUT2D eigenvalue weighted by atomic mass is 10.1. The van der Waals surface area contributed by atoms with Crippen molar-refractivity contribution in [1.82, 2.24) is 0 Å². The van der Waals surface area contributed by atoms with Gasteiger partial charge in [-0.15, -0.1) is 0 Å². The maximum absolute atomic E-state index is 13.5. The molecule has 1 rings (SSSR count). The van der Waals surface area contributed by atoms with Gasteiger partial charge in [0.15, 0.2) is 9.84 Å². The van der Waals surface area contributed by atoms with Gasteiger partial charge in [-0.3, -0.25) is 0 Å². The summed E-state index contributed by atoms with van der Waals surface area (Å²) in [5.41, 5.74) is 0.184. The SMILES string of the molecule is CCS(=O)(=O)CCOc1ccc(C(C)O)c(F)c1. The Morgan fingerprint density at radius 2 is 2.11 bits per heavy atom. The van der Waals surface area contributed by atoms with Gasteiger partial charge in [-0.25, -0.2) is 12.8 Å². The third-order valence-corrected chi connectivity index (χ3v) is 4.19. The molecule has 4 nitrogen and oxygen atoms in total. The smallest absolute Gasteiger partial charge is 0.153 e. The first-order valence-corrected chi connectivity index (χ1v) is 7.48. The molecule has 0 saturated heterocycles. The van der Waals surface area contributed by atoms with Crippen LogP contribution in [0.3, 0.4) is 0 Å². The fraction of sp³-hybridized carbons (Fsp3) is 0.500. The van der Waals surface area contributed by atoms with Crippen LogP contribution in [0.25, 0.3) is 0 Å². The van der Waals surface area contributed by atoms with Gasteiger partial charge in [0, 0.05) is 17.4 Å². The maximum atomic E-state index is 13.5. The van der Waals surface area contributed by atoms with E-state index in [1.807, 2.05) is 0 Å². The van der Waals surface area contributed by atoms with Crippen molar-refractivity contribution in [2.24, 2.45) is 0 Å². The van der Waals surface area contributed by atoms with E-state index >= 15 is 0 Å². The van der Waals surface area contributed by atoms with Crippen molar-refractivity contribution >= 4 is 9.84 Å². The molecule has 0 aliphatic heterocycles. The monoisotopic (exact) mass is 276 g/mol. The van der Waals surface area contributed by atoms with E-state index in [2.05, 4.69) is 0 Å². The first-order chi connectivity index (χ1) is 8.35. The fourth-order valence-electron chi connectivity index (χ4n) is 1.37. The Kier molecular flexibility index (Phi) is 5.10. The predicted octanol–water partition coefficient (Wildman–Crippen LogP) is 1.69. The molecule has 0 aromatic heterocycles. The largest absolute Gasteiger partial charge is 0.492 e. The van der Waals surface area contributed by atoms with Gasteiger partial charge < -0.3 is 9.84 Å². The second-order valence-electron chi connectivity index (χ2n) is 3.94. The van der Waals surface area contributed by atoms with Crippen LogP contribution in [0.4, 0.5) is 4.39 Å². The molecule has 0 amide bonds. The summed E-state index contributed by atoms with van der Waals surface area (Å²) in [6.45, 7) is 3.02. The average molecular weight is 276 g/mol. The zero-order chi connectivity index (χ0) is 13.8. The van der Waals surface area contributed by atoms with E-state index in [9.17, 15) is 17.9 Å². The third kappa shape index (κ3) is 4.27. The van der Waals surface area contributed by atoms with Gasteiger partial charge in [-0.05, 0) is 19.1 Å². The normalized spacial score (nSPS) is 13.3. The van der Waals surface area contributed by atoms with Crippen LogP contribution in [0.5, 0.6) is 5.75 Å². The van der Waals surface area contributed by atoms with Crippen molar-refractivity contribution in [3.8, 4) is 5.75 Å². The molecule has 1 aromatic rings. The summed E-state index contributed by atoms with van der Waals surface area (Å²) in [5, 5.41) is 9.25. The lowest BCUT2D eigenvalue weighted by Gasteiger charge is -2.09. The molecule has 0 heterocycles. The van der Waals surface area contributed by atoms with Crippen molar-refractivity contribution in [1.29, 1.82) is 0 Å². The Hall–Kier alpha value is -1.14. The molecule has 102 valence electrons. The summed E-state index contributed by atoms with van der Waals surface area (Å²) in [4.78, 5) is 0. The Labute approximate surface area is 106 Å². The number of rotatable bonds is 6. The highest BCUT2D eigenvalue weighted by Crippen LogP contribution is 2.21. The minimum absolute atomic E-state index is 0.0103. The fourth-order valence-corrected chi connectivity index (χ4v) is 1.99. The number of halogens is 1. The molecule has 0 fully saturated rings. The van der Waals surface area contributed by atoms with Crippen LogP contribution < -0.4 is 4.74 Å². The highest BCUT2D eigenvalue weighted by Gasteiger charge is 2.10. The molecule has 18 heavy (non-hydrogen) atoms. The quantitative estimate of drug-likeness (QED) is 0.859. The van der Waals surface area contributed by atoms with Gasteiger partial charge in [-0.1, -0.05) is 6.92 Å². The van der Waals surface area contributed by atoms with Crippen LogP contribution in [0, 0.1) is 5.82 Å². The Morgan fingerprint density at radius 1 is 1.44 bits per heavy atom. The summed E-state index contributed by atoms with van der Waals surface area (Å²) in [7, 11) is -3.08. The molecule has 1 aromatic carbocycles. The highest BCUT2D eigenvalue weighted by molar-refractivity contribution is 7.91. The average Bonchev–Trinajstić information content (AvgIpc) is 2.28. The first kappa shape index (κ1) is 14.9. The molecule has 0 aliphatic carbocycles. The number of hydrogen-bond acceptors (Lipinski definition) is 4. The second-order valence-corrected chi connectivity index (χ2v) is 6.42. The summed E-state index contributed by atoms with van der Waals surface area (Å²) >= 11 is 0. The van der Waals surface area contributed by atoms with Crippen molar-refractivity contribution < 1.29 is 22.7 Å². The Morgan fingerprint density at radius 3 is 2.61 bits per heavy atom. The van der Waals surface area contributed by atoms with E-state index in [-0.39, 0.29) is 29.4 Å². The van der Waals surface area contributed by atoms with Crippen LogP contribution >= 0.6 is 0 Å². The van der Waals surface area contributed by atoms with E-state index in [0.717, 1.165) is 6.07 Å². The molecule has 0 spiro atoms. The van der Waals surface area contributed by atoms with Crippen LogP contribution in [0.2, 0.25) is 0 Å². The van der Waals surface area contributed by atoms with Crippen molar-refractivity contribution in [3.63, 3.8) is 0 Å². The highest BCUT2D eigenvalue weighted by atomic mass is 32.2. The minimum Gasteiger partial charge on any atom is -0.492 e. The van der Waals surface area contributed by atoms with Crippen LogP contribution in [0.1, 0.15) is 25.5 Å². The number of sulfone groups is 1. The summed E-state index contributed by atoms with van der Waals surface area (Å²) in [5.74, 6) is -0.348. The van der Waals surface area contributed by atoms with Crippen LogP contribution in [-0.4, -0.2) is 31.6 Å². The molecule has 1 unspecified atom stereocenters. The predicted molar refractivity (Wildman–Crippen MR) is 66.9 cm³/mol. The number of aliphatic hydroxyl groups is 1. The van der Waals surface area contributed by atoms with E-state index < -0.39 is 21.8 Å². The molecule has 0 aliphatic rings. The van der Waals surface area contributed by atoms with E-state index in [1.54, 1.807) is 6.92 Å². The molecule has 6 heteroatoms. The topological polar surface area (TPSA) is 63.6 Å². The minimum atomic E-state index is -3.08. The zero-order valence-corrected chi connectivity index (χ0v) is 11.2. The molecule has 0 radical (unpaired) electrons. The van der Waals surface area contributed by atoms with Gasteiger partial charge in [-0.2, -0.15) is 0 Å². The first-order valence-electron chi connectivity index (χ1n) is 5.66. The standard InChI is InChI=1S/C12H17FO4S/c1-3-18(15,16)7-6-17-10-4-5-11(9(2)14)12(13)8-10/h4-5,8-9,14H,3,6-7H2,1-2H3. The number of hydrogen-bond donors (Lipinski definition) is 1. The van der Waals surface area contributed by atoms with E-state index in [4.69, 9.17) is 4.74 Å². The molecule has 0 bridgehead atoms. The van der Waals surface area contributed by atoms with Crippen LogP contribution in [0.15, 0.2) is 18.2 Å². The summed E-state index contributed by atoms with van der Waals surface area (Å²) in [6.07, 6.45) is -0.889. The second kappa shape index (κ2) is 6.15. The molecular formula is C12H17FO4S. The van der Waals surface area contributed by atoms with E-state index in [1.165, 1.54) is 19.1 Å². The van der Waals surface area contributed by atoms with Crippen LogP contribution in [-0.2, 0) is 9.84 Å². The summed E-state index contributed by atoms with van der Waals surface area (Å²) < 4.78 is 41.1. The molecular weight excluding hydrogens is 259 g/mol. The van der Waals surface area contributed by atoms with Gasteiger partial charge in [0.25, 0.3) is 0 Å². The van der Waals surface area contributed by atoms with Crippen molar-refractivity contribution in [3.05, 3.63) is 29.6 Å². The lowest BCUT2D eigenvalue weighted by molar-refractivity contribution is 0.194. The van der Waals surface area contributed by atoms with Crippen molar-refractivity contribution in [2.45, 2.75) is 20.0 Å². The number of benzene rings is 1. The lowest BCUT2D eigenvalue weighted by Crippen LogP contribution is -2.15. The van der Waals surface area contributed by atoms with Gasteiger partial charge >= 0.3 is 0 Å². The summed E-state index contributed by atoms with van der Waals surface area (Å²) in [6, 6.07) is 4.06. The zero-order valence-electron chi connectivity index (χ0n) is 10.4. The van der Waals surface area contributed by atoms with Gasteiger partial charge in [0.05, 0.1) is 11.9 Å². The Bertz CT molecular complexity index is 497. The third-order valence-electron chi connectivity index (χ3n) is 2.52. The van der Waals surface area contributed by atoms with Gasteiger partial charge in [0.2, 0.25) is 0 Å². The maximum Gasteiger partial charge on any atom is 0.153 e. The number of ether oxygens (including phenoxy) is 1. The Balaban J connectivity index is 2.62. The molecule has 1 atom stereocenters.